The number of carbonyl (C=O) groups excluding carboxylic acids is 2. The predicted molar refractivity (Wildman–Crippen MR) is 199 cm³/mol. The highest BCUT2D eigenvalue weighted by molar-refractivity contribution is 5.86. The molecule has 0 aliphatic heterocycles. The maximum Gasteiger partial charge on any atom is 0.333 e. The molecule has 3 atom stereocenters. The number of esters is 2. The number of hydrogen-bond acceptors (Lipinski definition) is 7. The molecule has 7 heteroatoms. The van der Waals surface area contributed by atoms with Crippen molar-refractivity contribution < 1.29 is 34.0 Å². The maximum absolute atomic E-state index is 12.3. The molecule has 0 amide bonds. The van der Waals surface area contributed by atoms with Gasteiger partial charge in [0.25, 0.3) is 0 Å². The molecule has 50 heavy (non-hydrogen) atoms. The van der Waals surface area contributed by atoms with Crippen molar-refractivity contribution >= 4 is 11.9 Å². The van der Waals surface area contributed by atoms with Gasteiger partial charge in [-0.05, 0) is 117 Å². The highest BCUT2D eigenvalue weighted by Crippen LogP contribution is 2.57. The Morgan fingerprint density at radius 1 is 0.900 bits per heavy atom. The van der Waals surface area contributed by atoms with Crippen molar-refractivity contribution in [2.75, 3.05) is 33.0 Å². The third kappa shape index (κ3) is 11.3. The number of unbranched alkanes of at least 4 members (excludes halogenated alkanes) is 2. The van der Waals surface area contributed by atoms with Crippen molar-refractivity contribution in [1.82, 2.24) is 0 Å². The zero-order chi connectivity index (χ0) is 36.1. The summed E-state index contributed by atoms with van der Waals surface area (Å²) in [5, 5.41) is 19.2. The van der Waals surface area contributed by atoms with Crippen molar-refractivity contribution in [3.63, 3.8) is 0 Å². The first-order valence-electron chi connectivity index (χ1n) is 20.1. The number of carbonyl (C=O) groups is 2. The van der Waals surface area contributed by atoms with E-state index in [9.17, 15) is 19.8 Å². The Morgan fingerprint density at radius 2 is 1.58 bits per heavy atom. The highest BCUT2D eigenvalue weighted by Gasteiger charge is 2.45. The molecule has 3 unspecified atom stereocenters. The predicted octanol–water partition coefficient (Wildman–Crippen LogP) is 8.90. The van der Waals surface area contributed by atoms with E-state index in [0.717, 1.165) is 34.6 Å². The first-order valence-corrected chi connectivity index (χ1v) is 20.1. The summed E-state index contributed by atoms with van der Waals surface area (Å²) < 4.78 is 17.5. The molecule has 282 valence electrons. The van der Waals surface area contributed by atoms with Gasteiger partial charge in [-0.15, -0.1) is 0 Å². The molecular formula is C43H68O7. The molecule has 4 rings (SSSR count). The molecule has 2 bridgehead atoms. The Bertz CT molecular complexity index is 1230. The minimum Gasteiger partial charge on any atom is -0.493 e. The Morgan fingerprint density at radius 3 is 2.20 bits per heavy atom. The molecule has 3 aliphatic carbocycles. The lowest BCUT2D eigenvalue weighted by Crippen LogP contribution is -2.41. The van der Waals surface area contributed by atoms with Gasteiger partial charge in [0.05, 0.1) is 25.7 Å². The van der Waals surface area contributed by atoms with E-state index in [2.05, 4.69) is 25.6 Å². The topological polar surface area (TPSA) is 102 Å². The van der Waals surface area contributed by atoms with Crippen LogP contribution in [0.3, 0.4) is 0 Å². The van der Waals surface area contributed by atoms with E-state index in [4.69, 9.17) is 14.2 Å². The first kappa shape index (κ1) is 40.4. The molecule has 0 saturated heterocycles. The van der Waals surface area contributed by atoms with Crippen molar-refractivity contribution in [3.8, 4) is 5.75 Å². The van der Waals surface area contributed by atoms with Crippen molar-refractivity contribution in [2.45, 2.75) is 143 Å². The van der Waals surface area contributed by atoms with E-state index in [1.54, 1.807) is 6.92 Å². The van der Waals surface area contributed by atoms with Gasteiger partial charge in [-0.1, -0.05) is 71.6 Å². The third-order valence-electron chi connectivity index (χ3n) is 12.3. The largest absolute Gasteiger partial charge is 0.493 e. The van der Waals surface area contributed by atoms with Crippen LogP contribution in [0.1, 0.15) is 147 Å². The summed E-state index contributed by atoms with van der Waals surface area (Å²) in [6.45, 7) is 11.9. The fourth-order valence-corrected chi connectivity index (χ4v) is 9.35. The number of aliphatic hydroxyl groups excluding tert-OH is 2. The van der Waals surface area contributed by atoms with E-state index in [1.165, 1.54) is 95.5 Å². The van der Waals surface area contributed by atoms with Crippen molar-refractivity contribution in [3.05, 3.63) is 41.0 Å². The van der Waals surface area contributed by atoms with Crippen LogP contribution >= 0.6 is 0 Å². The monoisotopic (exact) mass is 696 g/mol. The lowest BCUT2D eigenvalue weighted by molar-refractivity contribution is -0.147. The molecule has 1 aromatic carbocycles. The van der Waals surface area contributed by atoms with Crippen LogP contribution in [0.15, 0.2) is 24.3 Å². The summed E-state index contributed by atoms with van der Waals surface area (Å²) in [5.74, 6) is 2.73. The lowest BCUT2D eigenvalue weighted by Gasteiger charge is -2.52. The molecule has 3 saturated carbocycles. The van der Waals surface area contributed by atoms with E-state index in [-0.39, 0.29) is 44.2 Å². The molecule has 0 radical (unpaired) electrons. The number of benzene rings is 1. The van der Waals surface area contributed by atoms with E-state index in [1.807, 2.05) is 13.8 Å². The summed E-state index contributed by atoms with van der Waals surface area (Å²) in [5.41, 5.74) is 4.26. The van der Waals surface area contributed by atoms with E-state index >= 15 is 0 Å². The summed E-state index contributed by atoms with van der Waals surface area (Å²) in [6.07, 6.45) is 20.7. The van der Waals surface area contributed by atoms with Gasteiger partial charge in [-0.3, -0.25) is 4.79 Å². The number of rotatable bonds is 20. The van der Waals surface area contributed by atoms with Gasteiger partial charge in [0.2, 0.25) is 0 Å². The van der Waals surface area contributed by atoms with Crippen LogP contribution in [0, 0.1) is 35.0 Å². The zero-order valence-electron chi connectivity index (χ0n) is 31.8. The quantitative estimate of drug-likeness (QED) is 0.0798. The van der Waals surface area contributed by atoms with Gasteiger partial charge in [0.15, 0.2) is 0 Å². The maximum atomic E-state index is 12.3. The van der Waals surface area contributed by atoms with Crippen LogP contribution in [-0.4, -0.2) is 55.2 Å². The standard InChI is InChI=1S/C43H68O7/c1-6-7-8-19-43-20-9-10-37(27-43)39(15-21-43)34-13-11-33(12-14-34)38-25-35(17-23-49-41(46)30(2)3)40(48-22-16-32(28-44)29-45)36(26-38)18-24-50-42(47)31(4)5/h25-26,31-34,37,39,44-45H,2,6-24,27-29H2,1,3-5H3. The molecule has 0 aromatic heterocycles. The number of hydrogen-bond donors (Lipinski definition) is 2. The highest BCUT2D eigenvalue weighted by atomic mass is 16.5. The zero-order valence-corrected chi connectivity index (χ0v) is 31.8. The van der Waals surface area contributed by atoms with Crippen molar-refractivity contribution in [1.29, 1.82) is 0 Å². The van der Waals surface area contributed by atoms with Crippen LogP contribution in [0.25, 0.3) is 0 Å². The SMILES string of the molecule is C=C(C)C(=O)OCCc1cc(C2CCC(C3CCC4(CCCCC)CCCC3C4)CC2)cc(CCOC(=O)C(C)C)c1OCCC(CO)CO. The second-order valence-electron chi connectivity index (χ2n) is 16.4. The van der Waals surface area contributed by atoms with Gasteiger partial charge in [0.1, 0.15) is 5.75 Å². The lowest BCUT2D eigenvalue weighted by atomic mass is 9.53. The summed E-state index contributed by atoms with van der Waals surface area (Å²) >= 11 is 0. The van der Waals surface area contributed by atoms with Crippen LogP contribution in [0.5, 0.6) is 5.75 Å². The third-order valence-corrected chi connectivity index (χ3v) is 12.3. The number of fused-ring (bicyclic) bond motifs is 2. The molecule has 7 nitrogen and oxygen atoms in total. The fourth-order valence-electron chi connectivity index (χ4n) is 9.35. The Hall–Kier alpha value is -2.38. The molecule has 0 spiro atoms. The Labute approximate surface area is 302 Å². The fraction of sp³-hybridized carbons (Fsp3) is 0.767. The van der Waals surface area contributed by atoms with Gasteiger partial charge >= 0.3 is 11.9 Å². The molecule has 1 aromatic rings. The number of ether oxygens (including phenoxy) is 3. The van der Waals surface area contributed by atoms with E-state index < -0.39 is 5.97 Å². The van der Waals surface area contributed by atoms with Crippen molar-refractivity contribution in [2.24, 2.45) is 35.0 Å². The summed E-state index contributed by atoms with van der Waals surface area (Å²) in [7, 11) is 0. The molecule has 2 N–H and O–H groups in total. The van der Waals surface area contributed by atoms with Crippen LogP contribution in [0.4, 0.5) is 0 Å². The average Bonchev–Trinajstić information content (AvgIpc) is 3.11. The summed E-state index contributed by atoms with van der Waals surface area (Å²) in [4.78, 5) is 24.5. The average molecular weight is 697 g/mol. The Balaban J connectivity index is 1.50. The second-order valence-corrected chi connectivity index (χ2v) is 16.4. The van der Waals surface area contributed by atoms with Crippen LogP contribution < -0.4 is 4.74 Å². The molecule has 3 aliphatic rings. The normalized spacial score (nSPS) is 25.0. The van der Waals surface area contributed by atoms with Gasteiger partial charge in [-0.2, -0.15) is 0 Å². The van der Waals surface area contributed by atoms with Crippen LogP contribution in [-0.2, 0) is 31.9 Å². The first-order chi connectivity index (χ1) is 24.1. The van der Waals surface area contributed by atoms with Gasteiger partial charge in [-0.25, -0.2) is 4.79 Å². The van der Waals surface area contributed by atoms with Crippen LogP contribution in [0.2, 0.25) is 0 Å². The number of aliphatic hydroxyl groups is 2. The molecule has 3 fully saturated rings. The molecular weight excluding hydrogens is 628 g/mol. The Kier molecular flexibility index (Phi) is 16.2. The van der Waals surface area contributed by atoms with Gasteiger partial charge in [0, 0.05) is 37.5 Å². The molecule has 0 heterocycles. The van der Waals surface area contributed by atoms with E-state index in [0.29, 0.717) is 42.8 Å². The smallest absolute Gasteiger partial charge is 0.333 e. The van der Waals surface area contributed by atoms with Gasteiger partial charge < -0.3 is 24.4 Å². The summed E-state index contributed by atoms with van der Waals surface area (Å²) in [6, 6.07) is 4.51. The minimum atomic E-state index is -0.407. The minimum absolute atomic E-state index is 0.107. The second kappa shape index (κ2) is 20.0.